The van der Waals surface area contributed by atoms with Crippen LogP contribution in [0.4, 0.5) is 23.1 Å². The molecule has 0 atom stereocenters. The molecule has 0 radical (unpaired) electrons. The van der Waals surface area contributed by atoms with Crippen LogP contribution in [-0.2, 0) is 0 Å². The number of halogens is 2. The Morgan fingerprint density at radius 3 is 2.20 bits per heavy atom. The van der Waals surface area contributed by atoms with Crippen LogP contribution in [0, 0.1) is 18.3 Å². The molecule has 1 aromatic heterocycles. The third-order valence-corrected chi connectivity index (χ3v) is 3.70. The summed E-state index contributed by atoms with van der Waals surface area (Å²) in [5.74, 6) is 1.06. The molecule has 0 saturated heterocycles. The molecular formula is C18H13Cl2N5. The Bertz CT molecular complexity index is 928. The third kappa shape index (κ3) is 4.60. The summed E-state index contributed by atoms with van der Waals surface area (Å²) in [7, 11) is 0. The zero-order chi connectivity index (χ0) is 17.8. The van der Waals surface area contributed by atoms with E-state index in [1.165, 1.54) is 0 Å². The van der Waals surface area contributed by atoms with E-state index in [1.807, 2.05) is 13.0 Å². The number of rotatable bonds is 4. The van der Waals surface area contributed by atoms with Gasteiger partial charge >= 0.3 is 0 Å². The van der Waals surface area contributed by atoms with E-state index in [0.29, 0.717) is 27.4 Å². The Balaban J connectivity index is 1.83. The summed E-state index contributed by atoms with van der Waals surface area (Å²) >= 11 is 12.0. The molecule has 1 heterocycles. The van der Waals surface area contributed by atoms with E-state index in [-0.39, 0.29) is 0 Å². The molecule has 0 unspecified atom stereocenters. The van der Waals surface area contributed by atoms with E-state index in [4.69, 9.17) is 28.5 Å². The second kappa shape index (κ2) is 7.39. The van der Waals surface area contributed by atoms with Crippen molar-refractivity contribution in [2.45, 2.75) is 6.92 Å². The van der Waals surface area contributed by atoms with Crippen molar-refractivity contribution in [2.75, 3.05) is 10.6 Å². The van der Waals surface area contributed by atoms with Crippen molar-refractivity contribution in [3.8, 4) is 6.07 Å². The SMILES string of the molecule is Cc1cc(Nc2cc(Cl)cc(Cl)c2)nc(Nc2ccc(C#N)cc2)n1. The van der Waals surface area contributed by atoms with Gasteiger partial charge < -0.3 is 10.6 Å². The zero-order valence-corrected chi connectivity index (χ0v) is 14.7. The zero-order valence-electron chi connectivity index (χ0n) is 13.2. The number of nitrogens with one attached hydrogen (secondary N) is 2. The van der Waals surface area contributed by atoms with Gasteiger partial charge in [-0.1, -0.05) is 23.2 Å². The minimum atomic E-state index is 0.445. The molecule has 0 aliphatic carbocycles. The molecule has 7 heteroatoms. The molecule has 124 valence electrons. The number of nitrogens with zero attached hydrogens (tertiary/aromatic N) is 3. The van der Waals surface area contributed by atoms with Crippen LogP contribution in [0.5, 0.6) is 0 Å². The lowest BCUT2D eigenvalue weighted by atomic mass is 10.2. The van der Waals surface area contributed by atoms with E-state index in [0.717, 1.165) is 17.1 Å². The van der Waals surface area contributed by atoms with Crippen LogP contribution < -0.4 is 10.6 Å². The number of nitriles is 1. The largest absolute Gasteiger partial charge is 0.340 e. The maximum atomic E-state index is 8.85. The molecule has 0 amide bonds. The van der Waals surface area contributed by atoms with Gasteiger partial charge in [0, 0.05) is 33.2 Å². The van der Waals surface area contributed by atoms with Crippen molar-refractivity contribution in [1.82, 2.24) is 9.97 Å². The van der Waals surface area contributed by atoms with Crippen LogP contribution >= 0.6 is 23.2 Å². The fourth-order valence-electron chi connectivity index (χ4n) is 2.22. The number of aromatic nitrogens is 2. The highest BCUT2D eigenvalue weighted by Gasteiger charge is 2.05. The Morgan fingerprint density at radius 2 is 1.56 bits per heavy atom. The van der Waals surface area contributed by atoms with E-state index in [1.54, 1.807) is 42.5 Å². The number of hydrogen-bond acceptors (Lipinski definition) is 5. The highest BCUT2D eigenvalue weighted by molar-refractivity contribution is 6.35. The highest BCUT2D eigenvalue weighted by Crippen LogP contribution is 2.25. The molecule has 0 bridgehead atoms. The summed E-state index contributed by atoms with van der Waals surface area (Å²) in [6.45, 7) is 1.88. The number of hydrogen-bond donors (Lipinski definition) is 2. The second-order valence-electron chi connectivity index (χ2n) is 5.32. The summed E-state index contributed by atoms with van der Waals surface area (Å²) in [5.41, 5.74) is 2.92. The van der Waals surface area contributed by atoms with Crippen molar-refractivity contribution in [2.24, 2.45) is 0 Å². The average molecular weight is 370 g/mol. The highest BCUT2D eigenvalue weighted by atomic mass is 35.5. The second-order valence-corrected chi connectivity index (χ2v) is 6.19. The number of aryl methyl sites for hydroxylation is 1. The summed E-state index contributed by atoms with van der Waals surface area (Å²) in [6, 6.07) is 16.1. The summed E-state index contributed by atoms with van der Waals surface area (Å²) in [6.07, 6.45) is 0. The molecule has 0 fully saturated rings. The Morgan fingerprint density at radius 1 is 0.880 bits per heavy atom. The normalized spacial score (nSPS) is 10.2. The van der Waals surface area contributed by atoms with Gasteiger partial charge in [-0.3, -0.25) is 0 Å². The summed E-state index contributed by atoms with van der Waals surface area (Å²) in [4.78, 5) is 8.81. The molecule has 0 aliphatic heterocycles. The van der Waals surface area contributed by atoms with Crippen molar-refractivity contribution >= 4 is 46.3 Å². The Hall–Kier alpha value is -2.81. The van der Waals surface area contributed by atoms with Crippen molar-refractivity contribution in [3.63, 3.8) is 0 Å². The van der Waals surface area contributed by atoms with E-state index in [2.05, 4.69) is 26.7 Å². The monoisotopic (exact) mass is 369 g/mol. The van der Waals surface area contributed by atoms with E-state index in [9.17, 15) is 0 Å². The van der Waals surface area contributed by atoms with Crippen molar-refractivity contribution < 1.29 is 0 Å². The lowest BCUT2D eigenvalue weighted by molar-refractivity contribution is 1.11. The standard InChI is InChI=1S/C18H13Cl2N5/c1-11-6-17(23-16-8-13(19)7-14(20)9-16)25-18(22-11)24-15-4-2-12(10-21)3-5-15/h2-9H,1H3,(H2,22,23,24,25). The summed E-state index contributed by atoms with van der Waals surface area (Å²) < 4.78 is 0. The minimum Gasteiger partial charge on any atom is -0.340 e. The fraction of sp³-hybridized carbons (Fsp3) is 0.0556. The molecule has 3 aromatic rings. The molecule has 0 aliphatic rings. The lowest BCUT2D eigenvalue weighted by Gasteiger charge is -2.10. The molecule has 3 rings (SSSR count). The molecule has 2 N–H and O–H groups in total. The predicted octanol–water partition coefficient (Wildman–Crippen LogP) is 5.45. The van der Waals surface area contributed by atoms with Crippen molar-refractivity contribution in [3.05, 3.63) is 69.8 Å². The molecule has 0 spiro atoms. The van der Waals surface area contributed by atoms with Gasteiger partial charge in [0.2, 0.25) is 5.95 Å². The van der Waals surface area contributed by atoms with Gasteiger partial charge in [0.05, 0.1) is 11.6 Å². The van der Waals surface area contributed by atoms with Gasteiger partial charge in [0.1, 0.15) is 5.82 Å². The average Bonchev–Trinajstić information content (AvgIpc) is 2.54. The molecule has 2 aromatic carbocycles. The summed E-state index contributed by atoms with van der Waals surface area (Å²) in [5, 5.41) is 16.2. The first-order valence-corrected chi connectivity index (χ1v) is 8.13. The van der Waals surface area contributed by atoms with Gasteiger partial charge in [-0.25, -0.2) is 4.98 Å². The van der Waals surface area contributed by atoms with Crippen LogP contribution in [0.15, 0.2) is 48.5 Å². The number of anilines is 4. The Labute approximate surface area is 155 Å². The fourth-order valence-corrected chi connectivity index (χ4v) is 2.75. The van der Waals surface area contributed by atoms with E-state index < -0.39 is 0 Å². The van der Waals surface area contributed by atoms with Crippen LogP contribution in [0.2, 0.25) is 10.0 Å². The smallest absolute Gasteiger partial charge is 0.229 e. The first-order valence-electron chi connectivity index (χ1n) is 7.38. The molecular weight excluding hydrogens is 357 g/mol. The van der Waals surface area contributed by atoms with Crippen LogP contribution in [0.3, 0.4) is 0 Å². The predicted molar refractivity (Wildman–Crippen MR) is 101 cm³/mol. The number of benzene rings is 2. The quantitative estimate of drug-likeness (QED) is 0.639. The molecule has 25 heavy (non-hydrogen) atoms. The molecule has 5 nitrogen and oxygen atoms in total. The first kappa shape index (κ1) is 17.0. The van der Waals surface area contributed by atoms with Gasteiger partial charge in [0.25, 0.3) is 0 Å². The maximum Gasteiger partial charge on any atom is 0.229 e. The Kier molecular flexibility index (Phi) is 5.03. The van der Waals surface area contributed by atoms with Gasteiger partial charge in [-0.2, -0.15) is 10.2 Å². The van der Waals surface area contributed by atoms with Crippen LogP contribution in [0.25, 0.3) is 0 Å². The van der Waals surface area contributed by atoms with Crippen molar-refractivity contribution in [1.29, 1.82) is 5.26 Å². The lowest BCUT2D eigenvalue weighted by Crippen LogP contribution is -2.02. The molecule has 0 saturated carbocycles. The first-order chi connectivity index (χ1) is 12.0. The van der Waals surface area contributed by atoms with Gasteiger partial charge in [-0.15, -0.1) is 0 Å². The van der Waals surface area contributed by atoms with Crippen LogP contribution in [0.1, 0.15) is 11.3 Å². The van der Waals surface area contributed by atoms with E-state index >= 15 is 0 Å². The van der Waals surface area contributed by atoms with Crippen LogP contribution in [-0.4, -0.2) is 9.97 Å². The minimum absolute atomic E-state index is 0.445. The topological polar surface area (TPSA) is 73.6 Å². The maximum absolute atomic E-state index is 8.85. The van der Waals surface area contributed by atoms with Gasteiger partial charge in [0.15, 0.2) is 0 Å². The van der Waals surface area contributed by atoms with Gasteiger partial charge in [-0.05, 0) is 49.4 Å². The third-order valence-electron chi connectivity index (χ3n) is 3.26.